The number of methoxy groups -OCH3 is 1. The molecule has 0 radical (unpaired) electrons. The Labute approximate surface area is 268 Å². The van der Waals surface area contributed by atoms with Crippen molar-refractivity contribution in [2.24, 2.45) is 0 Å². The van der Waals surface area contributed by atoms with Gasteiger partial charge in [0.25, 0.3) is 0 Å². The van der Waals surface area contributed by atoms with Gasteiger partial charge in [-0.25, -0.2) is 13.6 Å². The van der Waals surface area contributed by atoms with Crippen LogP contribution in [-0.4, -0.2) is 61.3 Å². The van der Waals surface area contributed by atoms with Gasteiger partial charge in [-0.05, 0) is 88.5 Å². The van der Waals surface area contributed by atoms with Crippen LogP contribution in [0.25, 0.3) is 0 Å². The second-order valence-electron chi connectivity index (χ2n) is 13.8. The summed E-state index contributed by atoms with van der Waals surface area (Å²) >= 11 is 0. The molecule has 1 fully saturated rings. The molecule has 3 aromatic carbocycles. The first-order chi connectivity index (χ1) is 21.2. The number of hydrogen-bond acceptors (Lipinski definition) is 5. The van der Waals surface area contributed by atoms with Crippen molar-refractivity contribution in [2.75, 3.05) is 7.11 Å². The van der Waals surface area contributed by atoms with Crippen LogP contribution in [0.3, 0.4) is 0 Å². The summed E-state index contributed by atoms with van der Waals surface area (Å²) in [7, 11) is -0.657. The number of carbonyl (C=O) groups is 1. The molecule has 0 saturated carbocycles. The molecule has 1 aliphatic heterocycles. The average molecular weight is 639 g/mol. The third-order valence-corrected chi connectivity index (χ3v) is 8.77. The molecule has 0 N–H and O–H groups in total. The summed E-state index contributed by atoms with van der Waals surface area (Å²) in [5.41, 5.74) is 2.02. The fraction of sp³-hybridized carbons (Fsp3) is 0.472. The fourth-order valence-electron chi connectivity index (χ4n) is 6.10. The van der Waals surface area contributed by atoms with Gasteiger partial charge in [0, 0.05) is 32.3 Å². The Morgan fingerprint density at radius 3 is 1.89 bits per heavy atom. The molecule has 0 bridgehead atoms. The van der Waals surface area contributed by atoms with E-state index in [4.69, 9.17) is 13.9 Å². The number of rotatable bonds is 12. The van der Waals surface area contributed by atoms with E-state index in [1.165, 1.54) is 12.1 Å². The molecule has 0 aliphatic carbocycles. The molecule has 244 valence electrons. The standard InChI is InChI=1S/C36H48F2N2O4Si/c1-36(2,3)43-35(41)40-31(18-19-33(40)42-4)34(44-45(5,6)7)32(22-28-20-29(37)23-30(38)21-28)39(24-26-14-10-8-11-15-26)25-27-16-12-9-13-17-27/h8-17,20-21,23,31-34H,18-19,22,24-25H2,1-7H3/t31-,32+,33?,34-/m1/s1. The number of halogens is 2. The maximum absolute atomic E-state index is 14.6. The van der Waals surface area contributed by atoms with Crippen LogP contribution in [0, 0.1) is 11.6 Å². The summed E-state index contributed by atoms with van der Waals surface area (Å²) in [5.74, 6) is -1.25. The Balaban J connectivity index is 1.87. The molecule has 4 atom stereocenters. The van der Waals surface area contributed by atoms with Crippen molar-refractivity contribution in [3.8, 4) is 0 Å². The molecular weight excluding hydrogens is 590 g/mol. The second-order valence-corrected chi connectivity index (χ2v) is 18.3. The van der Waals surface area contributed by atoms with Crippen molar-refractivity contribution in [3.05, 3.63) is 107 Å². The first-order valence-electron chi connectivity index (χ1n) is 15.7. The molecule has 45 heavy (non-hydrogen) atoms. The predicted molar refractivity (Wildman–Crippen MR) is 176 cm³/mol. The molecule has 1 unspecified atom stereocenters. The third kappa shape index (κ3) is 10.2. The van der Waals surface area contributed by atoms with Crippen LogP contribution in [0.15, 0.2) is 78.9 Å². The van der Waals surface area contributed by atoms with Crippen molar-refractivity contribution in [3.63, 3.8) is 0 Å². The summed E-state index contributed by atoms with van der Waals surface area (Å²) in [6.07, 6.45) is 0.0921. The average Bonchev–Trinajstić information content (AvgIpc) is 3.38. The Morgan fingerprint density at radius 1 is 0.889 bits per heavy atom. The highest BCUT2D eigenvalue weighted by molar-refractivity contribution is 6.69. The van der Waals surface area contributed by atoms with Gasteiger partial charge in [-0.2, -0.15) is 0 Å². The minimum absolute atomic E-state index is 0.305. The van der Waals surface area contributed by atoms with Gasteiger partial charge < -0.3 is 13.9 Å². The summed E-state index contributed by atoms with van der Waals surface area (Å²) < 4.78 is 48.0. The number of hydrogen-bond donors (Lipinski definition) is 0. The topological polar surface area (TPSA) is 51.2 Å². The Hall–Kier alpha value is -3.11. The fourth-order valence-corrected chi connectivity index (χ4v) is 7.23. The van der Waals surface area contributed by atoms with Gasteiger partial charge >= 0.3 is 6.09 Å². The molecule has 4 rings (SSSR count). The first-order valence-corrected chi connectivity index (χ1v) is 19.1. The summed E-state index contributed by atoms with van der Waals surface area (Å²) in [4.78, 5) is 17.8. The largest absolute Gasteiger partial charge is 0.444 e. The van der Waals surface area contributed by atoms with E-state index in [1.54, 1.807) is 12.0 Å². The van der Waals surface area contributed by atoms with Gasteiger partial charge in [0.1, 0.15) is 23.5 Å². The normalized spacial score (nSPS) is 18.7. The van der Waals surface area contributed by atoms with Crippen molar-refractivity contribution in [2.45, 2.75) is 103 Å². The van der Waals surface area contributed by atoms with Gasteiger partial charge in [0.15, 0.2) is 8.32 Å². The van der Waals surface area contributed by atoms with Gasteiger partial charge in [0.2, 0.25) is 0 Å². The molecular formula is C36H48F2N2O4Si. The van der Waals surface area contributed by atoms with Crippen LogP contribution in [0.2, 0.25) is 19.6 Å². The van der Waals surface area contributed by atoms with E-state index in [9.17, 15) is 13.6 Å². The Kier molecular flexibility index (Phi) is 11.6. The molecule has 3 aromatic rings. The van der Waals surface area contributed by atoms with E-state index in [0.717, 1.165) is 17.2 Å². The number of amides is 1. The summed E-state index contributed by atoms with van der Waals surface area (Å²) in [6.45, 7) is 13.0. The lowest BCUT2D eigenvalue weighted by atomic mass is 9.92. The minimum atomic E-state index is -2.26. The summed E-state index contributed by atoms with van der Waals surface area (Å²) in [5, 5.41) is 0. The van der Waals surface area contributed by atoms with Crippen LogP contribution >= 0.6 is 0 Å². The van der Waals surface area contributed by atoms with Crippen LogP contribution in [0.5, 0.6) is 0 Å². The highest BCUT2D eigenvalue weighted by atomic mass is 28.4. The molecule has 6 nitrogen and oxygen atoms in total. The minimum Gasteiger partial charge on any atom is -0.444 e. The van der Waals surface area contributed by atoms with Gasteiger partial charge in [-0.15, -0.1) is 0 Å². The Bertz CT molecular complexity index is 1320. The smallest absolute Gasteiger partial charge is 0.412 e. The van der Waals surface area contributed by atoms with E-state index in [2.05, 4.69) is 48.8 Å². The van der Waals surface area contributed by atoms with Crippen LogP contribution in [0.4, 0.5) is 13.6 Å². The number of ether oxygens (including phenoxy) is 2. The zero-order chi connectivity index (χ0) is 32.8. The zero-order valence-electron chi connectivity index (χ0n) is 27.6. The SMILES string of the molecule is COC1CC[C@H]([C@@H](O[Si](C)(C)C)[C@H](Cc2cc(F)cc(F)c2)N(Cc2ccccc2)Cc2ccccc2)N1C(=O)OC(C)(C)C. The van der Waals surface area contributed by atoms with Gasteiger partial charge in [-0.1, -0.05) is 60.7 Å². The molecule has 9 heteroatoms. The van der Waals surface area contributed by atoms with Crippen molar-refractivity contribution in [1.82, 2.24) is 9.80 Å². The van der Waals surface area contributed by atoms with Gasteiger partial charge in [-0.3, -0.25) is 9.80 Å². The van der Waals surface area contributed by atoms with Crippen LogP contribution in [-0.2, 0) is 33.4 Å². The highest BCUT2D eigenvalue weighted by Crippen LogP contribution is 2.35. The Morgan fingerprint density at radius 2 is 1.42 bits per heavy atom. The van der Waals surface area contributed by atoms with E-state index in [0.29, 0.717) is 37.9 Å². The van der Waals surface area contributed by atoms with E-state index < -0.39 is 50.0 Å². The molecule has 1 aliphatic rings. The highest BCUT2D eigenvalue weighted by Gasteiger charge is 2.48. The molecule has 1 amide bonds. The van der Waals surface area contributed by atoms with Crippen LogP contribution in [0.1, 0.15) is 50.3 Å². The van der Waals surface area contributed by atoms with Crippen molar-refractivity contribution >= 4 is 14.4 Å². The number of likely N-dealkylation sites (tertiary alicyclic amines) is 1. The maximum Gasteiger partial charge on any atom is 0.412 e. The van der Waals surface area contributed by atoms with E-state index >= 15 is 0 Å². The van der Waals surface area contributed by atoms with Crippen molar-refractivity contribution in [1.29, 1.82) is 0 Å². The zero-order valence-corrected chi connectivity index (χ0v) is 28.6. The molecule has 0 aromatic heterocycles. The summed E-state index contributed by atoms with van der Waals surface area (Å²) in [6, 6.07) is 23.2. The van der Waals surface area contributed by atoms with E-state index in [-0.39, 0.29) is 6.04 Å². The van der Waals surface area contributed by atoms with Crippen molar-refractivity contribution < 1.29 is 27.5 Å². The lowest BCUT2D eigenvalue weighted by Crippen LogP contribution is -2.59. The third-order valence-electron chi connectivity index (χ3n) is 7.79. The van der Waals surface area contributed by atoms with Gasteiger partial charge in [0.05, 0.1) is 12.1 Å². The first kappa shape index (κ1) is 34.8. The second kappa shape index (κ2) is 15.0. The molecule has 0 spiro atoms. The number of carbonyl (C=O) groups excluding carboxylic acids is 1. The predicted octanol–water partition coefficient (Wildman–Crippen LogP) is 8.17. The number of benzene rings is 3. The number of nitrogens with zero attached hydrogens (tertiary/aromatic N) is 2. The monoisotopic (exact) mass is 638 g/mol. The maximum atomic E-state index is 14.6. The molecule has 1 heterocycles. The lowest BCUT2D eigenvalue weighted by Gasteiger charge is -2.45. The molecule has 1 saturated heterocycles. The van der Waals surface area contributed by atoms with Crippen LogP contribution < -0.4 is 0 Å². The lowest BCUT2D eigenvalue weighted by molar-refractivity contribution is -0.0685. The van der Waals surface area contributed by atoms with E-state index in [1.807, 2.05) is 57.2 Å². The quantitative estimate of drug-likeness (QED) is 0.187.